The number of aromatic nitrogens is 2. The van der Waals surface area contributed by atoms with Gasteiger partial charge in [0.25, 0.3) is 0 Å². The fourth-order valence-electron chi connectivity index (χ4n) is 2.15. The number of aromatic amines is 1. The molecule has 0 saturated heterocycles. The average molecular weight is 243 g/mol. The van der Waals surface area contributed by atoms with Crippen molar-refractivity contribution in [1.29, 1.82) is 0 Å². The van der Waals surface area contributed by atoms with Crippen LogP contribution < -0.4 is 0 Å². The number of imidazole rings is 1. The molecule has 1 saturated carbocycles. The number of rotatable bonds is 2. The van der Waals surface area contributed by atoms with Crippen molar-refractivity contribution >= 4 is 15.9 Å². The molecule has 2 rings (SSSR count). The molecule has 3 heteroatoms. The molecule has 0 spiro atoms. The Labute approximate surface area is 87.3 Å². The summed E-state index contributed by atoms with van der Waals surface area (Å²) in [5.74, 6) is 1.90. The van der Waals surface area contributed by atoms with Gasteiger partial charge in [0, 0.05) is 5.69 Å². The van der Waals surface area contributed by atoms with Crippen LogP contribution in [0.5, 0.6) is 0 Å². The van der Waals surface area contributed by atoms with E-state index >= 15 is 0 Å². The summed E-state index contributed by atoms with van der Waals surface area (Å²) >= 11 is 3.48. The molecule has 13 heavy (non-hydrogen) atoms. The van der Waals surface area contributed by atoms with Crippen LogP contribution in [0.15, 0.2) is 4.60 Å². The Bertz CT molecular complexity index is 287. The molecule has 0 atom stereocenters. The zero-order valence-corrected chi connectivity index (χ0v) is 9.52. The quantitative estimate of drug-likeness (QED) is 0.848. The summed E-state index contributed by atoms with van der Waals surface area (Å²) in [5, 5.41) is 0. The largest absolute Gasteiger partial charge is 0.345 e. The fourth-order valence-corrected chi connectivity index (χ4v) is 2.68. The van der Waals surface area contributed by atoms with Crippen LogP contribution in [0.4, 0.5) is 0 Å². The van der Waals surface area contributed by atoms with E-state index in [2.05, 4.69) is 25.9 Å². The SMILES string of the molecule is Cc1nc(Br)c(CC2CCCC2)[nH]1. The van der Waals surface area contributed by atoms with Gasteiger partial charge in [-0.3, -0.25) is 0 Å². The third-order valence-electron chi connectivity index (χ3n) is 2.81. The van der Waals surface area contributed by atoms with Gasteiger partial charge in [0.1, 0.15) is 10.4 Å². The number of hydrogen-bond acceptors (Lipinski definition) is 1. The van der Waals surface area contributed by atoms with Gasteiger partial charge in [0.05, 0.1) is 0 Å². The Balaban J connectivity index is 2.03. The molecule has 0 amide bonds. The Morgan fingerprint density at radius 1 is 1.46 bits per heavy atom. The predicted octanol–water partition coefficient (Wildman–Crippen LogP) is 3.21. The van der Waals surface area contributed by atoms with Gasteiger partial charge in [-0.15, -0.1) is 0 Å². The van der Waals surface area contributed by atoms with Crippen molar-refractivity contribution < 1.29 is 0 Å². The second-order valence-corrected chi connectivity index (χ2v) is 4.70. The lowest BCUT2D eigenvalue weighted by Crippen LogP contribution is -1.99. The highest BCUT2D eigenvalue weighted by Gasteiger charge is 2.17. The molecule has 0 unspecified atom stereocenters. The number of halogens is 1. The first-order chi connectivity index (χ1) is 6.25. The van der Waals surface area contributed by atoms with E-state index < -0.39 is 0 Å². The number of hydrogen-bond donors (Lipinski definition) is 1. The minimum atomic E-state index is 0.885. The van der Waals surface area contributed by atoms with Crippen LogP contribution in [0.2, 0.25) is 0 Å². The molecular formula is C10H15BrN2. The minimum absolute atomic E-state index is 0.885. The molecule has 0 radical (unpaired) electrons. The maximum atomic E-state index is 4.31. The molecule has 1 aliphatic carbocycles. The topological polar surface area (TPSA) is 28.7 Å². The summed E-state index contributed by atoms with van der Waals surface area (Å²) in [4.78, 5) is 7.63. The zero-order valence-electron chi connectivity index (χ0n) is 7.94. The second-order valence-electron chi connectivity index (χ2n) is 3.95. The summed E-state index contributed by atoms with van der Waals surface area (Å²) in [6, 6.07) is 0. The zero-order chi connectivity index (χ0) is 9.26. The standard InChI is InChI=1S/C10H15BrN2/c1-7-12-9(10(11)13-7)6-8-4-2-3-5-8/h8H,2-6H2,1H3,(H,12,13). The van der Waals surface area contributed by atoms with Gasteiger partial charge in [0.2, 0.25) is 0 Å². The predicted molar refractivity (Wildman–Crippen MR) is 56.7 cm³/mol. The Hall–Kier alpha value is -0.310. The van der Waals surface area contributed by atoms with Crippen LogP contribution in [0.1, 0.15) is 37.2 Å². The molecule has 1 heterocycles. The van der Waals surface area contributed by atoms with E-state index in [1.165, 1.54) is 37.8 Å². The van der Waals surface area contributed by atoms with E-state index in [1.807, 2.05) is 6.92 Å². The normalized spacial score (nSPS) is 18.3. The highest BCUT2D eigenvalue weighted by Crippen LogP contribution is 2.29. The lowest BCUT2D eigenvalue weighted by molar-refractivity contribution is 0.539. The molecule has 0 aliphatic heterocycles. The molecule has 1 aromatic rings. The average Bonchev–Trinajstić information content (AvgIpc) is 2.63. The molecule has 1 fully saturated rings. The van der Waals surface area contributed by atoms with Crippen LogP contribution in [0.3, 0.4) is 0 Å². The van der Waals surface area contributed by atoms with E-state index in [-0.39, 0.29) is 0 Å². The van der Waals surface area contributed by atoms with Crippen LogP contribution >= 0.6 is 15.9 Å². The van der Waals surface area contributed by atoms with Gasteiger partial charge < -0.3 is 4.98 Å². The van der Waals surface area contributed by atoms with Crippen LogP contribution in [0.25, 0.3) is 0 Å². The molecule has 72 valence electrons. The lowest BCUT2D eigenvalue weighted by atomic mass is 10.0. The molecule has 1 N–H and O–H groups in total. The summed E-state index contributed by atoms with van der Waals surface area (Å²) in [6.45, 7) is 2.00. The Kier molecular flexibility index (Phi) is 2.72. The summed E-state index contributed by atoms with van der Waals surface area (Å²) in [6.07, 6.45) is 6.78. The fraction of sp³-hybridized carbons (Fsp3) is 0.700. The molecule has 0 bridgehead atoms. The van der Waals surface area contributed by atoms with Gasteiger partial charge >= 0.3 is 0 Å². The smallest absolute Gasteiger partial charge is 0.127 e. The molecular weight excluding hydrogens is 228 g/mol. The van der Waals surface area contributed by atoms with Crippen LogP contribution in [0, 0.1) is 12.8 Å². The number of nitrogens with one attached hydrogen (secondary N) is 1. The van der Waals surface area contributed by atoms with Crippen molar-refractivity contribution in [2.24, 2.45) is 5.92 Å². The van der Waals surface area contributed by atoms with Gasteiger partial charge in [0.15, 0.2) is 0 Å². The van der Waals surface area contributed by atoms with E-state index in [0.717, 1.165) is 16.3 Å². The van der Waals surface area contributed by atoms with Crippen molar-refractivity contribution in [2.45, 2.75) is 39.0 Å². The Morgan fingerprint density at radius 3 is 2.69 bits per heavy atom. The van der Waals surface area contributed by atoms with Crippen molar-refractivity contribution in [2.75, 3.05) is 0 Å². The van der Waals surface area contributed by atoms with E-state index in [1.54, 1.807) is 0 Å². The summed E-state index contributed by atoms with van der Waals surface area (Å²) < 4.78 is 1.01. The summed E-state index contributed by atoms with van der Waals surface area (Å²) in [5.41, 5.74) is 1.28. The molecule has 0 aromatic carbocycles. The van der Waals surface area contributed by atoms with Gasteiger partial charge in [-0.25, -0.2) is 4.98 Å². The van der Waals surface area contributed by atoms with Crippen molar-refractivity contribution in [3.05, 3.63) is 16.1 Å². The minimum Gasteiger partial charge on any atom is -0.345 e. The molecule has 1 aromatic heterocycles. The summed E-state index contributed by atoms with van der Waals surface area (Å²) in [7, 11) is 0. The van der Waals surface area contributed by atoms with Crippen LogP contribution in [-0.4, -0.2) is 9.97 Å². The van der Waals surface area contributed by atoms with Gasteiger partial charge in [-0.2, -0.15) is 0 Å². The number of H-pyrrole nitrogens is 1. The molecule has 1 aliphatic rings. The molecule has 2 nitrogen and oxygen atoms in total. The first kappa shape index (κ1) is 9.25. The third-order valence-corrected chi connectivity index (χ3v) is 3.47. The van der Waals surface area contributed by atoms with Gasteiger partial charge in [-0.05, 0) is 35.2 Å². The maximum absolute atomic E-state index is 4.31. The maximum Gasteiger partial charge on any atom is 0.127 e. The second kappa shape index (κ2) is 3.82. The first-order valence-corrected chi connectivity index (χ1v) is 5.76. The van der Waals surface area contributed by atoms with E-state index in [4.69, 9.17) is 0 Å². The highest BCUT2D eigenvalue weighted by molar-refractivity contribution is 9.10. The highest BCUT2D eigenvalue weighted by atomic mass is 79.9. The van der Waals surface area contributed by atoms with Crippen molar-refractivity contribution in [1.82, 2.24) is 9.97 Å². The van der Waals surface area contributed by atoms with Gasteiger partial charge in [-0.1, -0.05) is 25.7 Å². The van der Waals surface area contributed by atoms with Crippen LogP contribution in [-0.2, 0) is 6.42 Å². The van der Waals surface area contributed by atoms with E-state index in [0.29, 0.717) is 0 Å². The monoisotopic (exact) mass is 242 g/mol. The Morgan fingerprint density at radius 2 is 2.15 bits per heavy atom. The third kappa shape index (κ3) is 2.13. The number of aryl methyl sites for hydroxylation is 1. The van der Waals surface area contributed by atoms with Crippen molar-refractivity contribution in [3.63, 3.8) is 0 Å². The first-order valence-electron chi connectivity index (χ1n) is 4.96. The van der Waals surface area contributed by atoms with Crippen molar-refractivity contribution in [3.8, 4) is 0 Å². The number of nitrogens with zero attached hydrogens (tertiary/aromatic N) is 1. The van der Waals surface area contributed by atoms with E-state index in [9.17, 15) is 0 Å². The lowest BCUT2D eigenvalue weighted by Gasteiger charge is -2.06.